The Bertz CT molecular complexity index is 452. The summed E-state index contributed by atoms with van der Waals surface area (Å²) in [5.41, 5.74) is 6.05. The monoisotopic (exact) mass is 285 g/mol. The largest absolute Gasteiger partial charge is 0.355 e. The molecule has 0 aromatic carbocycles. The van der Waals surface area contributed by atoms with E-state index in [4.69, 9.17) is 28.9 Å². The zero-order valence-corrected chi connectivity index (χ0v) is 11.7. The van der Waals surface area contributed by atoms with Crippen LogP contribution in [0.4, 0.5) is 5.82 Å². The highest BCUT2D eigenvalue weighted by molar-refractivity contribution is 6.36. The second-order valence-corrected chi connectivity index (χ2v) is 6.30. The quantitative estimate of drug-likeness (QED) is 0.863. The average Bonchev–Trinajstić information content (AvgIpc) is 2.71. The third-order valence-corrected chi connectivity index (χ3v) is 4.66. The lowest BCUT2D eigenvalue weighted by Crippen LogP contribution is -2.32. The van der Waals surface area contributed by atoms with Gasteiger partial charge in [-0.2, -0.15) is 0 Å². The summed E-state index contributed by atoms with van der Waals surface area (Å²) in [7, 11) is 0. The summed E-state index contributed by atoms with van der Waals surface area (Å²) in [6, 6.07) is 2.14. The average molecular weight is 286 g/mol. The number of pyridine rings is 1. The number of hydrogen-bond acceptors (Lipinski definition) is 3. The van der Waals surface area contributed by atoms with Gasteiger partial charge >= 0.3 is 0 Å². The molecule has 1 aromatic rings. The molecule has 2 aliphatic rings. The number of hydrogen-bond donors (Lipinski definition) is 1. The number of nitrogens with zero attached hydrogens (tertiary/aromatic N) is 2. The Balaban J connectivity index is 1.78. The minimum absolute atomic E-state index is 0.375. The molecular weight excluding hydrogens is 269 g/mol. The molecule has 5 heteroatoms. The van der Waals surface area contributed by atoms with E-state index in [0.29, 0.717) is 22.0 Å². The Labute approximate surface area is 117 Å². The summed E-state index contributed by atoms with van der Waals surface area (Å²) in [6.45, 7) is 2.07. The van der Waals surface area contributed by atoms with Crippen molar-refractivity contribution in [2.45, 2.75) is 25.3 Å². The molecule has 1 aromatic heterocycles. The molecular formula is C13H17Cl2N3. The lowest BCUT2D eigenvalue weighted by Gasteiger charge is -2.27. The van der Waals surface area contributed by atoms with Gasteiger partial charge in [0.05, 0.1) is 10.0 Å². The molecule has 1 saturated heterocycles. The van der Waals surface area contributed by atoms with Crippen LogP contribution in [0.1, 0.15) is 19.3 Å². The lowest BCUT2D eigenvalue weighted by molar-refractivity contribution is 0.271. The van der Waals surface area contributed by atoms with Gasteiger partial charge in [-0.05, 0) is 37.2 Å². The molecule has 0 bridgehead atoms. The maximum atomic E-state index is 6.22. The van der Waals surface area contributed by atoms with Crippen molar-refractivity contribution in [1.29, 1.82) is 0 Å². The van der Waals surface area contributed by atoms with Crippen molar-refractivity contribution in [2.24, 2.45) is 17.6 Å². The highest BCUT2D eigenvalue weighted by Gasteiger charge is 2.37. The van der Waals surface area contributed by atoms with E-state index in [1.165, 1.54) is 6.42 Å². The summed E-state index contributed by atoms with van der Waals surface area (Å²) >= 11 is 12.1. The normalized spacial score (nSPS) is 31.5. The van der Waals surface area contributed by atoms with E-state index in [0.717, 1.165) is 37.7 Å². The molecule has 2 N–H and O–H groups in total. The van der Waals surface area contributed by atoms with Crippen LogP contribution >= 0.6 is 23.2 Å². The first-order valence-corrected chi connectivity index (χ1v) is 7.20. The summed E-state index contributed by atoms with van der Waals surface area (Å²) in [6.07, 6.45) is 5.17. The van der Waals surface area contributed by atoms with Crippen LogP contribution in [0.15, 0.2) is 12.3 Å². The molecule has 2 fully saturated rings. The van der Waals surface area contributed by atoms with Gasteiger partial charge in [-0.15, -0.1) is 0 Å². The van der Waals surface area contributed by atoms with Gasteiger partial charge in [-0.1, -0.05) is 23.2 Å². The third kappa shape index (κ3) is 2.31. The molecule has 3 rings (SSSR count). The SMILES string of the molecule is NC1CC[C@@H]2CN(c3ncc(Cl)cc3Cl)C[C@@H]2C1. The minimum Gasteiger partial charge on any atom is -0.355 e. The summed E-state index contributed by atoms with van der Waals surface area (Å²) in [4.78, 5) is 6.65. The first-order valence-electron chi connectivity index (χ1n) is 6.45. The topological polar surface area (TPSA) is 42.1 Å². The molecule has 1 saturated carbocycles. The fourth-order valence-electron chi connectivity index (χ4n) is 3.28. The van der Waals surface area contributed by atoms with Crippen molar-refractivity contribution in [3.05, 3.63) is 22.3 Å². The lowest BCUT2D eigenvalue weighted by atomic mass is 9.79. The fourth-order valence-corrected chi connectivity index (χ4v) is 3.78. The van der Waals surface area contributed by atoms with Gasteiger partial charge in [-0.3, -0.25) is 0 Å². The number of halogens is 2. The molecule has 3 nitrogen and oxygen atoms in total. The number of fused-ring (bicyclic) bond motifs is 1. The minimum atomic E-state index is 0.375. The molecule has 1 aliphatic heterocycles. The smallest absolute Gasteiger partial charge is 0.147 e. The molecule has 0 spiro atoms. The Hall–Kier alpha value is -0.510. The Morgan fingerprint density at radius 2 is 2.00 bits per heavy atom. The van der Waals surface area contributed by atoms with Crippen LogP contribution in [-0.2, 0) is 0 Å². The van der Waals surface area contributed by atoms with Crippen molar-refractivity contribution in [3.63, 3.8) is 0 Å². The second kappa shape index (κ2) is 4.87. The van der Waals surface area contributed by atoms with Gasteiger partial charge in [0.2, 0.25) is 0 Å². The highest BCUT2D eigenvalue weighted by atomic mass is 35.5. The van der Waals surface area contributed by atoms with E-state index < -0.39 is 0 Å². The first-order chi connectivity index (χ1) is 8.63. The molecule has 18 heavy (non-hydrogen) atoms. The summed E-state index contributed by atoms with van der Waals surface area (Å²) < 4.78 is 0. The molecule has 1 aliphatic carbocycles. The number of anilines is 1. The van der Waals surface area contributed by atoms with E-state index in [-0.39, 0.29) is 0 Å². The van der Waals surface area contributed by atoms with Gasteiger partial charge in [0, 0.05) is 25.3 Å². The number of nitrogens with two attached hydrogens (primary N) is 1. The summed E-state index contributed by atoms with van der Waals surface area (Å²) in [5, 5.41) is 1.23. The fraction of sp³-hybridized carbons (Fsp3) is 0.615. The Kier molecular flexibility index (Phi) is 3.39. The third-order valence-electron chi connectivity index (χ3n) is 4.18. The van der Waals surface area contributed by atoms with Crippen molar-refractivity contribution in [1.82, 2.24) is 4.98 Å². The van der Waals surface area contributed by atoms with Gasteiger partial charge in [-0.25, -0.2) is 4.98 Å². The van der Waals surface area contributed by atoms with Crippen LogP contribution in [0.3, 0.4) is 0 Å². The Morgan fingerprint density at radius 3 is 2.78 bits per heavy atom. The van der Waals surface area contributed by atoms with Crippen molar-refractivity contribution >= 4 is 29.0 Å². The van der Waals surface area contributed by atoms with E-state index >= 15 is 0 Å². The number of aromatic nitrogens is 1. The maximum absolute atomic E-state index is 6.22. The van der Waals surface area contributed by atoms with Crippen LogP contribution in [0.2, 0.25) is 10.0 Å². The maximum Gasteiger partial charge on any atom is 0.147 e. The molecule has 2 heterocycles. The predicted octanol–water partition coefficient (Wildman–Crippen LogP) is 2.95. The molecule has 0 radical (unpaired) electrons. The summed E-state index contributed by atoms with van der Waals surface area (Å²) in [5.74, 6) is 2.31. The van der Waals surface area contributed by atoms with Crippen LogP contribution in [0, 0.1) is 11.8 Å². The van der Waals surface area contributed by atoms with Crippen molar-refractivity contribution in [2.75, 3.05) is 18.0 Å². The van der Waals surface area contributed by atoms with E-state index in [1.54, 1.807) is 12.3 Å². The van der Waals surface area contributed by atoms with Crippen molar-refractivity contribution in [3.8, 4) is 0 Å². The van der Waals surface area contributed by atoms with Crippen LogP contribution in [-0.4, -0.2) is 24.1 Å². The molecule has 1 unspecified atom stereocenters. The van der Waals surface area contributed by atoms with Gasteiger partial charge in [0.15, 0.2) is 0 Å². The van der Waals surface area contributed by atoms with Gasteiger partial charge in [0.1, 0.15) is 5.82 Å². The van der Waals surface area contributed by atoms with Crippen LogP contribution in [0.5, 0.6) is 0 Å². The predicted molar refractivity (Wildman–Crippen MR) is 75.3 cm³/mol. The zero-order valence-electron chi connectivity index (χ0n) is 10.1. The van der Waals surface area contributed by atoms with Crippen LogP contribution < -0.4 is 10.6 Å². The number of rotatable bonds is 1. The second-order valence-electron chi connectivity index (χ2n) is 5.46. The molecule has 0 amide bonds. The van der Waals surface area contributed by atoms with Crippen LogP contribution in [0.25, 0.3) is 0 Å². The zero-order chi connectivity index (χ0) is 12.7. The Morgan fingerprint density at radius 1 is 1.22 bits per heavy atom. The van der Waals surface area contributed by atoms with Gasteiger partial charge < -0.3 is 10.6 Å². The van der Waals surface area contributed by atoms with E-state index in [2.05, 4.69) is 9.88 Å². The van der Waals surface area contributed by atoms with Gasteiger partial charge in [0.25, 0.3) is 0 Å². The molecule has 3 atom stereocenters. The molecule has 98 valence electrons. The van der Waals surface area contributed by atoms with E-state index in [1.807, 2.05) is 0 Å². The first kappa shape index (κ1) is 12.5. The highest BCUT2D eigenvalue weighted by Crippen LogP contribution is 2.39. The standard InChI is InChI=1S/C13H17Cl2N3/c14-10-4-12(15)13(17-5-10)18-6-8-1-2-11(16)3-9(8)7-18/h4-5,8-9,11H,1-3,6-7,16H2/t8-,9+,11?/m1/s1. The van der Waals surface area contributed by atoms with E-state index in [9.17, 15) is 0 Å². The van der Waals surface area contributed by atoms with Crippen molar-refractivity contribution < 1.29 is 0 Å².